The lowest BCUT2D eigenvalue weighted by atomic mass is 9.78. The molecule has 0 aliphatic carbocycles. The Kier molecular flexibility index (Phi) is 4.63. The molecule has 4 rings (SSSR count). The van der Waals surface area contributed by atoms with Crippen molar-refractivity contribution in [2.45, 2.75) is 38.3 Å². The van der Waals surface area contributed by atoms with Gasteiger partial charge in [-0.15, -0.1) is 0 Å². The van der Waals surface area contributed by atoms with Crippen molar-refractivity contribution in [1.29, 1.82) is 0 Å². The van der Waals surface area contributed by atoms with Gasteiger partial charge >= 0.3 is 0 Å². The quantitative estimate of drug-likeness (QED) is 0.899. The molecule has 1 fully saturated rings. The number of aromatic nitrogens is 2. The second-order valence-corrected chi connectivity index (χ2v) is 7.41. The van der Waals surface area contributed by atoms with E-state index in [0.29, 0.717) is 12.3 Å². The number of hydrogen-bond donors (Lipinski definition) is 1. The van der Waals surface area contributed by atoms with Crippen molar-refractivity contribution in [2.75, 3.05) is 26.7 Å². The van der Waals surface area contributed by atoms with Crippen LogP contribution < -0.4 is 4.74 Å². The van der Waals surface area contributed by atoms with E-state index in [-0.39, 0.29) is 17.3 Å². The van der Waals surface area contributed by atoms with Crippen molar-refractivity contribution in [3.63, 3.8) is 0 Å². The summed E-state index contributed by atoms with van der Waals surface area (Å²) in [5, 5.41) is 0. The number of nitrogens with one attached hydrogen (secondary N) is 1. The summed E-state index contributed by atoms with van der Waals surface area (Å²) >= 11 is 0. The average molecular weight is 372 g/mol. The van der Waals surface area contributed by atoms with E-state index >= 15 is 0 Å². The van der Waals surface area contributed by atoms with E-state index in [9.17, 15) is 9.18 Å². The number of ether oxygens (including phenoxy) is 1. The standard InChI is InChI=1S/C20H25FN4O2/c1-14(26)25-8-5-17-19(23-13-22-17)20(25)6-9-24(10-7-20)12-15-11-16(21)3-4-18(15)27-2/h3-4,11,13H,5-10,12H2,1-2H3,(H,22,23). The number of hydrogen-bond acceptors (Lipinski definition) is 4. The van der Waals surface area contributed by atoms with Gasteiger partial charge in [0.2, 0.25) is 5.91 Å². The van der Waals surface area contributed by atoms with Crippen molar-refractivity contribution in [2.24, 2.45) is 0 Å². The highest BCUT2D eigenvalue weighted by molar-refractivity contribution is 5.75. The van der Waals surface area contributed by atoms with Crippen LogP contribution in [0.1, 0.15) is 36.7 Å². The van der Waals surface area contributed by atoms with Gasteiger partial charge in [0, 0.05) is 50.8 Å². The Morgan fingerprint density at radius 1 is 1.33 bits per heavy atom. The summed E-state index contributed by atoms with van der Waals surface area (Å²) in [6, 6.07) is 4.63. The topological polar surface area (TPSA) is 61.5 Å². The van der Waals surface area contributed by atoms with E-state index in [1.165, 1.54) is 12.1 Å². The normalized spacial score (nSPS) is 19.1. The highest BCUT2D eigenvalue weighted by Gasteiger charge is 2.47. The van der Waals surface area contributed by atoms with E-state index in [2.05, 4.69) is 14.9 Å². The smallest absolute Gasteiger partial charge is 0.220 e. The molecule has 3 heterocycles. The minimum atomic E-state index is -0.331. The molecule has 27 heavy (non-hydrogen) atoms. The largest absolute Gasteiger partial charge is 0.496 e. The van der Waals surface area contributed by atoms with Crippen molar-refractivity contribution < 1.29 is 13.9 Å². The number of halogens is 1. The summed E-state index contributed by atoms with van der Waals surface area (Å²) in [7, 11) is 1.60. The van der Waals surface area contributed by atoms with Crippen LogP contribution in [0, 0.1) is 5.82 Å². The zero-order chi connectivity index (χ0) is 19.0. The van der Waals surface area contributed by atoms with Crippen LogP contribution in [0.15, 0.2) is 24.5 Å². The highest BCUT2D eigenvalue weighted by Crippen LogP contribution is 2.42. The molecule has 144 valence electrons. The Hall–Kier alpha value is -2.41. The predicted octanol–water partition coefficient (Wildman–Crippen LogP) is 2.45. The first-order chi connectivity index (χ1) is 13.0. The molecule has 0 atom stereocenters. The molecule has 1 aromatic carbocycles. The van der Waals surface area contributed by atoms with Crippen molar-refractivity contribution in [3.8, 4) is 5.75 Å². The van der Waals surface area contributed by atoms with Gasteiger partial charge in [-0.25, -0.2) is 9.37 Å². The average Bonchev–Trinajstić information content (AvgIpc) is 3.14. The molecular weight excluding hydrogens is 347 g/mol. The van der Waals surface area contributed by atoms with Crippen LogP contribution in [0.3, 0.4) is 0 Å². The first-order valence-electron chi connectivity index (χ1n) is 9.39. The first-order valence-corrected chi connectivity index (χ1v) is 9.39. The van der Waals surface area contributed by atoms with Crippen LogP contribution in [-0.4, -0.2) is 52.4 Å². The second-order valence-electron chi connectivity index (χ2n) is 7.41. The molecule has 6 nitrogen and oxygen atoms in total. The fourth-order valence-corrected chi connectivity index (χ4v) is 4.64. The molecule has 2 aromatic rings. The van der Waals surface area contributed by atoms with Gasteiger partial charge in [0.15, 0.2) is 0 Å². The van der Waals surface area contributed by atoms with E-state index in [1.54, 1.807) is 26.4 Å². The minimum absolute atomic E-state index is 0.101. The summed E-state index contributed by atoms with van der Waals surface area (Å²) < 4.78 is 19.0. The SMILES string of the molecule is COc1ccc(F)cc1CN1CCC2(CC1)c1nc[nH]c1CCN2C(C)=O. The van der Waals surface area contributed by atoms with E-state index in [0.717, 1.165) is 55.8 Å². The lowest BCUT2D eigenvalue weighted by molar-refractivity contribution is -0.139. The predicted molar refractivity (Wildman–Crippen MR) is 98.8 cm³/mol. The van der Waals surface area contributed by atoms with Crippen LogP contribution in [0.5, 0.6) is 5.75 Å². The first kappa shape index (κ1) is 18.0. The highest BCUT2D eigenvalue weighted by atomic mass is 19.1. The number of nitrogens with zero attached hydrogens (tertiary/aromatic N) is 3. The van der Waals surface area contributed by atoms with Crippen molar-refractivity contribution in [1.82, 2.24) is 19.8 Å². The Morgan fingerprint density at radius 3 is 2.81 bits per heavy atom. The number of carbonyl (C=O) groups excluding carboxylic acids is 1. The molecular formula is C20H25FN4O2. The van der Waals surface area contributed by atoms with Crippen LogP contribution in [0.25, 0.3) is 0 Å². The summed E-state index contributed by atoms with van der Waals surface area (Å²) in [6.07, 6.45) is 4.20. The van der Waals surface area contributed by atoms with Gasteiger partial charge in [-0.3, -0.25) is 9.69 Å². The maximum atomic E-state index is 13.7. The minimum Gasteiger partial charge on any atom is -0.496 e. The van der Waals surface area contributed by atoms with Gasteiger partial charge in [0.1, 0.15) is 11.6 Å². The fourth-order valence-electron chi connectivity index (χ4n) is 4.64. The number of rotatable bonds is 3. The number of H-pyrrole nitrogens is 1. The third-order valence-corrected chi connectivity index (χ3v) is 5.96. The number of methoxy groups -OCH3 is 1. The lowest BCUT2D eigenvalue weighted by Gasteiger charge is -2.50. The number of benzene rings is 1. The number of aromatic amines is 1. The molecule has 0 bridgehead atoms. The van der Waals surface area contributed by atoms with E-state index < -0.39 is 0 Å². The van der Waals surface area contributed by atoms with Crippen LogP contribution in [0.2, 0.25) is 0 Å². The molecule has 0 unspecified atom stereocenters. The van der Waals surface area contributed by atoms with Crippen molar-refractivity contribution in [3.05, 3.63) is 47.3 Å². The van der Waals surface area contributed by atoms with E-state index in [1.807, 2.05) is 4.90 Å². The fraction of sp³-hybridized carbons (Fsp3) is 0.500. The summed E-state index contributed by atoms with van der Waals surface area (Å²) in [5.41, 5.74) is 2.68. The Morgan fingerprint density at radius 2 is 2.11 bits per heavy atom. The Bertz CT molecular complexity index is 842. The van der Waals surface area contributed by atoms with Crippen LogP contribution in [-0.2, 0) is 23.3 Å². The van der Waals surface area contributed by atoms with Gasteiger partial charge in [0.25, 0.3) is 0 Å². The third kappa shape index (κ3) is 3.10. The Balaban J connectivity index is 1.55. The van der Waals surface area contributed by atoms with Crippen LogP contribution in [0.4, 0.5) is 4.39 Å². The lowest BCUT2D eigenvalue weighted by Crippen LogP contribution is -2.57. The molecule has 0 radical (unpaired) electrons. The summed E-state index contributed by atoms with van der Waals surface area (Å²) in [5.74, 6) is 0.550. The zero-order valence-corrected chi connectivity index (χ0v) is 15.8. The molecule has 1 saturated heterocycles. The molecule has 1 aromatic heterocycles. The number of piperidine rings is 1. The summed E-state index contributed by atoms with van der Waals surface area (Å²) in [4.78, 5) is 24.4. The maximum absolute atomic E-state index is 13.7. The molecule has 2 aliphatic rings. The number of fused-ring (bicyclic) bond motifs is 2. The monoisotopic (exact) mass is 372 g/mol. The molecule has 1 spiro atoms. The second kappa shape index (κ2) is 6.96. The van der Waals surface area contributed by atoms with Gasteiger partial charge in [-0.05, 0) is 31.0 Å². The number of imidazole rings is 1. The summed E-state index contributed by atoms with van der Waals surface area (Å²) in [6.45, 7) is 4.63. The van der Waals surface area contributed by atoms with E-state index in [4.69, 9.17) is 4.74 Å². The van der Waals surface area contributed by atoms with Gasteiger partial charge < -0.3 is 14.6 Å². The molecule has 7 heteroatoms. The van der Waals surface area contributed by atoms with Crippen LogP contribution >= 0.6 is 0 Å². The molecule has 1 amide bonds. The Labute approximate surface area is 158 Å². The van der Waals surface area contributed by atoms with Crippen molar-refractivity contribution >= 4 is 5.91 Å². The number of likely N-dealkylation sites (tertiary alicyclic amines) is 1. The van der Waals surface area contributed by atoms with Gasteiger partial charge in [-0.1, -0.05) is 0 Å². The number of carbonyl (C=O) groups is 1. The maximum Gasteiger partial charge on any atom is 0.220 e. The molecule has 1 N–H and O–H groups in total. The molecule has 2 aliphatic heterocycles. The molecule has 0 saturated carbocycles. The zero-order valence-electron chi connectivity index (χ0n) is 15.8. The van der Waals surface area contributed by atoms with Gasteiger partial charge in [0.05, 0.1) is 24.7 Å². The number of amides is 1. The third-order valence-electron chi connectivity index (χ3n) is 5.96. The van der Waals surface area contributed by atoms with Gasteiger partial charge in [-0.2, -0.15) is 0 Å².